The molecule has 0 saturated heterocycles. The molecule has 1 aliphatic carbocycles. The quantitative estimate of drug-likeness (QED) is 0.907. The first kappa shape index (κ1) is 14.1. The van der Waals surface area contributed by atoms with Crippen molar-refractivity contribution >= 4 is 16.8 Å². The SMILES string of the molecule is O=C(Cn1cc(CO)c2ccccc21)NC1CCCCC1. The number of fused-ring (bicyclic) bond motifs is 1. The van der Waals surface area contributed by atoms with Gasteiger partial charge in [0.05, 0.1) is 6.61 Å². The van der Waals surface area contributed by atoms with E-state index in [1.54, 1.807) is 0 Å². The number of amides is 1. The molecule has 112 valence electrons. The molecule has 4 nitrogen and oxygen atoms in total. The second-order valence-corrected chi connectivity index (χ2v) is 5.86. The summed E-state index contributed by atoms with van der Waals surface area (Å²) in [7, 11) is 0. The number of para-hydroxylation sites is 1. The molecule has 4 heteroatoms. The maximum atomic E-state index is 12.2. The van der Waals surface area contributed by atoms with E-state index in [9.17, 15) is 9.90 Å². The lowest BCUT2D eigenvalue weighted by molar-refractivity contribution is -0.122. The second kappa shape index (κ2) is 6.31. The minimum absolute atomic E-state index is 0.00222. The zero-order chi connectivity index (χ0) is 14.7. The molecule has 1 heterocycles. The Balaban J connectivity index is 1.73. The first-order valence-corrected chi connectivity index (χ1v) is 7.75. The van der Waals surface area contributed by atoms with Crippen molar-refractivity contribution in [3.63, 3.8) is 0 Å². The Labute approximate surface area is 124 Å². The van der Waals surface area contributed by atoms with Crippen molar-refractivity contribution in [3.8, 4) is 0 Å². The maximum Gasteiger partial charge on any atom is 0.240 e. The van der Waals surface area contributed by atoms with Crippen LogP contribution in [0.3, 0.4) is 0 Å². The summed E-state index contributed by atoms with van der Waals surface area (Å²) in [5, 5.41) is 13.6. The molecule has 1 amide bonds. The number of aliphatic hydroxyl groups excluding tert-OH is 1. The maximum absolute atomic E-state index is 12.2. The van der Waals surface area contributed by atoms with Crippen molar-refractivity contribution in [3.05, 3.63) is 36.0 Å². The first-order valence-electron chi connectivity index (χ1n) is 7.75. The summed E-state index contributed by atoms with van der Waals surface area (Å²) < 4.78 is 1.93. The van der Waals surface area contributed by atoms with E-state index >= 15 is 0 Å². The van der Waals surface area contributed by atoms with E-state index in [0.29, 0.717) is 12.6 Å². The van der Waals surface area contributed by atoms with Crippen LogP contribution in [0.2, 0.25) is 0 Å². The average molecular weight is 286 g/mol. The van der Waals surface area contributed by atoms with Gasteiger partial charge in [0.15, 0.2) is 0 Å². The van der Waals surface area contributed by atoms with Gasteiger partial charge in [-0.3, -0.25) is 4.79 Å². The first-order chi connectivity index (χ1) is 10.3. The summed E-state index contributed by atoms with van der Waals surface area (Å²) in [6.07, 6.45) is 7.79. The van der Waals surface area contributed by atoms with E-state index in [1.165, 1.54) is 19.3 Å². The van der Waals surface area contributed by atoms with E-state index in [2.05, 4.69) is 5.32 Å². The topological polar surface area (TPSA) is 54.3 Å². The van der Waals surface area contributed by atoms with Crippen LogP contribution in [0.15, 0.2) is 30.5 Å². The van der Waals surface area contributed by atoms with Crippen LogP contribution in [-0.4, -0.2) is 21.6 Å². The van der Waals surface area contributed by atoms with Crippen molar-refractivity contribution in [2.45, 2.75) is 51.3 Å². The molecule has 3 rings (SSSR count). The molecule has 1 aliphatic rings. The number of rotatable bonds is 4. The van der Waals surface area contributed by atoms with E-state index in [1.807, 2.05) is 35.0 Å². The molecule has 2 N–H and O–H groups in total. The summed E-state index contributed by atoms with van der Waals surface area (Å²) >= 11 is 0. The molecule has 0 bridgehead atoms. The fourth-order valence-corrected chi connectivity index (χ4v) is 3.25. The third-order valence-electron chi connectivity index (χ3n) is 4.33. The number of aliphatic hydroxyl groups is 1. The van der Waals surface area contributed by atoms with Gasteiger partial charge in [-0.25, -0.2) is 0 Å². The molecule has 1 aromatic heterocycles. The van der Waals surface area contributed by atoms with Crippen molar-refractivity contribution in [2.24, 2.45) is 0 Å². The molecular formula is C17H22N2O2. The van der Waals surface area contributed by atoms with Gasteiger partial charge >= 0.3 is 0 Å². The van der Waals surface area contributed by atoms with Crippen LogP contribution in [0, 0.1) is 0 Å². The van der Waals surface area contributed by atoms with Gasteiger partial charge in [0.2, 0.25) is 5.91 Å². The Hall–Kier alpha value is -1.81. The molecule has 2 aromatic rings. The van der Waals surface area contributed by atoms with Crippen LogP contribution in [0.5, 0.6) is 0 Å². The molecule has 0 unspecified atom stereocenters. The largest absolute Gasteiger partial charge is 0.392 e. The standard InChI is InChI=1S/C17H22N2O2/c20-12-13-10-19(16-9-5-4-8-15(13)16)11-17(21)18-14-6-2-1-3-7-14/h4-5,8-10,14,20H,1-3,6-7,11-12H2,(H,18,21). The average Bonchev–Trinajstić information content (AvgIpc) is 2.86. The number of carbonyl (C=O) groups is 1. The zero-order valence-electron chi connectivity index (χ0n) is 12.2. The molecule has 0 atom stereocenters. The van der Waals surface area contributed by atoms with Crippen LogP contribution in [0.25, 0.3) is 10.9 Å². The second-order valence-electron chi connectivity index (χ2n) is 5.86. The van der Waals surface area contributed by atoms with Crippen LogP contribution in [0.1, 0.15) is 37.7 Å². The van der Waals surface area contributed by atoms with Gasteiger partial charge in [0, 0.05) is 28.7 Å². The highest BCUT2D eigenvalue weighted by Gasteiger charge is 2.16. The van der Waals surface area contributed by atoms with Gasteiger partial charge in [-0.05, 0) is 18.9 Å². The lowest BCUT2D eigenvalue weighted by Gasteiger charge is -2.22. The van der Waals surface area contributed by atoms with Gasteiger partial charge in [0.25, 0.3) is 0 Å². The normalized spacial score (nSPS) is 16.2. The fourth-order valence-electron chi connectivity index (χ4n) is 3.25. The number of nitrogens with one attached hydrogen (secondary N) is 1. The van der Waals surface area contributed by atoms with E-state index in [0.717, 1.165) is 29.3 Å². The van der Waals surface area contributed by atoms with Crippen molar-refractivity contribution in [2.75, 3.05) is 0 Å². The molecule has 1 fully saturated rings. The molecule has 0 radical (unpaired) electrons. The van der Waals surface area contributed by atoms with E-state index in [-0.39, 0.29) is 12.5 Å². The van der Waals surface area contributed by atoms with Crippen molar-refractivity contribution < 1.29 is 9.90 Å². The predicted octanol–water partition coefficient (Wildman–Crippen LogP) is 2.58. The number of nitrogens with zero attached hydrogens (tertiary/aromatic N) is 1. The van der Waals surface area contributed by atoms with Gasteiger partial charge in [-0.15, -0.1) is 0 Å². The lowest BCUT2D eigenvalue weighted by Crippen LogP contribution is -2.38. The zero-order valence-corrected chi connectivity index (χ0v) is 12.2. The highest BCUT2D eigenvalue weighted by Crippen LogP contribution is 2.21. The molecule has 0 aliphatic heterocycles. The fraction of sp³-hybridized carbons (Fsp3) is 0.471. The Morgan fingerprint density at radius 3 is 2.76 bits per heavy atom. The van der Waals surface area contributed by atoms with Crippen LogP contribution in [0.4, 0.5) is 0 Å². The van der Waals surface area contributed by atoms with E-state index < -0.39 is 0 Å². The molecule has 1 saturated carbocycles. The molecule has 0 spiro atoms. The summed E-state index contributed by atoms with van der Waals surface area (Å²) in [5.74, 6) is 0.0622. The number of hydrogen-bond acceptors (Lipinski definition) is 2. The Morgan fingerprint density at radius 1 is 1.24 bits per heavy atom. The summed E-state index contributed by atoms with van der Waals surface area (Å²) in [6.45, 7) is 0.314. The minimum Gasteiger partial charge on any atom is -0.392 e. The van der Waals surface area contributed by atoms with Crippen LogP contribution in [-0.2, 0) is 17.9 Å². The lowest BCUT2D eigenvalue weighted by atomic mass is 9.95. The smallest absolute Gasteiger partial charge is 0.240 e. The van der Waals surface area contributed by atoms with Crippen LogP contribution < -0.4 is 5.32 Å². The Kier molecular flexibility index (Phi) is 4.25. The monoisotopic (exact) mass is 286 g/mol. The summed E-state index contributed by atoms with van der Waals surface area (Å²) in [6, 6.07) is 8.22. The highest BCUT2D eigenvalue weighted by molar-refractivity contribution is 5.86. The van der Waals surface area contributed by atoms with Crippen LogP contribution >= 0.6 is 0 Å². The Morgan fingerprint density at radius 2 is 2.00 bits per heavy atom. The third-order valence-corrected chi connectivity index (χ3v) is 4.33. The van der Waals surface area contributed by atoms with Gasteiger partial charge in [-0.2, -0.15) is 0 Å². The van der Waals surface area contributed by atoms with Gasteiger partial charge in [0.1, 0.15) is 6.54 Å². The molecule has 1 aromatic carbocycles. The number of hydrogen-bond donors (Lipinski definition) is 2. The predicted molar refractivity (Wildman–Crippen MR) is 82.9 cm³/mol. The number of benzene rings is 1. The third kappa shape index (κ3) is 3.10. The molecular weight excluding hydrogens is 264 g/mol. The highest BCUT2D eigenvalue weighted by atomic mass is 16.3. The summed E-state index contributed by atoms with van der Waals surface area (Å²) in [4.78, 5) is 12.2. The Bertz CT molecular complexity index is 627. The van der Waals surface area contributed by atoms with Gasteiger partial charge < -0.3 is 15.0 Å². The minimum atomic E-state index is -0.00222. The van der Waals surface area contributed by atoms with E-state index in [4.69, 9.17) is 0 Å². The summed E-state index contributed by atoms with van der Waals surface area (Å²) in [5.41, 5.74) is 1.87. The number of carbonyl (C=O) groups excluding carboxylic acids is 1. The molecule has 21 heavy (non-hydrogen) atoms. The van der Waals surface area contributed by atoms with Gasteiger partial charge in [-0.1, -0.05) is 37.5 Å². The number of aromatic nitrogens is 1. The van der Waals surface area contributed by atoms with Crippen molar-refractivity contribution in [1.29, 1.82) is 0 Å². The van der Waals surface area contributed by atoms with Crippen molar-refractivity contribution in [1.82, 2.24) is 9.88 Å².